The normalized spacial score (nSPS) is 20.4. The highest BCUT2D eigenvalue weighted by atomic mass is 16.2. The van der Waals surface area contributed by atoms with Crippen molar-refractivity contribution in [1.82, 2.24) is 25.8 Å². The predicted molar refractivity (Wildman–Crippen MR) is 137 cm³/mol. The van der Waals surface area contributed by atoms with Gasteiger partial charge in [-0.05, 0) is 38.2 Å². The van der Waals surface area contributed by atoms with E-state index in [1.165, 1.54) is 16.7 Å². The Morgan fingerprint density at radius 1 is 0.921 bits per heavy atom. The third-order valence-corrected chi connectivity index (χ3v) is 6.88. The molecule has 2 aliphatic heterocycles. The molecule has 2 saturated heterocycles. The second kappa shape index (κ2) is 13.0. The fourth-order valence-electron chi connectivity index (χ4n) is 4.96. The Kier molecular flexibility index (Phi) is 9.80. The molecule has 2 aliphatic rings. The Labute approximate surface area is 221 Å². The van der Waals surface area contributed by atoms with Crippen molar-refractivity contribution in [3.63, 3.8) is 0 Å². The third kappa shape index (κ3) is 7.30. The van der Waals surface area contributed by atoms with E-state index in [0.717, 1.165) is 5.56 Å². The molecule has 2 heterocycles. The van der Waals surface area contributed by atoms with Gasteiger partial charge in [-0.2, -0.15) is 0 Å². The molecule has 206 valence electrons. The van der Waals surface area contributed by atoms with Crippen LogP contribution in [0.1, 0.15) is 45.1 Å². The summed E-state index contributed by atoms with van der Waals surface area (Å²) in [7, 11) is 0. The van der Waals surface area contributed by atoms with E-state index in [0.29, 0.717) is 38.8 Å². The maximum Gasteiger partial charge on any atom is 0.245 e. The Hall–Kier alpha value is -3.96. The standard InChI is InChI=1S/C26H36N6O6/c1-16(29-24(36)20-10-6-12-31(20)17(2)33)26(38)32-13-7-11-21(32)25(37)30-19(23(35)28-15-22(27)34)14-18-8-4-3-5-9-18/h3-5,8-9,16,19-21H,6-7,10-15H2,1-2H3,(H2,27,34)(H,28,35)(H,29,36)(H,30,37)/t16-,19-,20-,21-/m0/s1. The molecule has 1 aromatic carbocycles. The summed E-state index contributed by atoms with van der Waals surface area (Å²) in [6.07, 6.45) is 2.41. The van der Waals surface area contributed by atoms with Gasteiger partial charge in [0.25, 0.3) is 0 Å². The zero-order valence-electron chi connectivity index (χ0n) is 21.8. The van der Waals surface area contributed by atoms with Crippen molar-refractivity contribution < 1.29 is 28.8 Å². The molecule has 0 aliphatic carbocycles. The van der Waals surface area contributed by atoms with Gasteiger partial charge in [-0.25, -0.2) is 0 Å². The molecular weight excluding hydrogens is 492 g/mol. The number of nitrogens with one attached hydrogen (secondary N) is 3. The van der Waals surface area contributed by atoms with Crippen molar-refractivity contribution in [3.05, 3.63) is 35.9 Å². The molecule has 0 bridgehead atoms. The second-order valence-corrected chi connectivity index (χ2v) is 9.73. The van der Waals surface area contributed by atoms with Crippen molar-refractivity contribution in [3.8, 4) is 0 Å². The first-order valence-electron chi connectivity index (χ1n) is 12.9. The lowest BCUT2D eigenvalue weighted by atomic mass is 10.0. The van der Waals surface area contributed by atoms with Crippen LogP contribution in [0.5, 0.6) is 0 Å². The average Bonchev–Trinajstić information content (AvgIpc) is 3.57. The van der Waals surface area contributed by atoms with Gasteiger partial charge in [0.05, 0.1) is 6.54 Å². The SMILES string of the molecule is CC(=O)N1CCC[C@H]1C(=O)N[C@@H](C)C(=O)N1CCC[C@H]1C(=O)N[C@@H](Cc1ccccc1)C(=O)NCC(N)=O. The summed E-state index contributed by atoms with van der Waals surface area (Å²) in [5.41, 5.74) is 5.94. The topological polar surface area (TPSA) is 171 Å². The maximum absolute atomic E-state index is 13.3. The summed E-state index contributed by atoms with van der Waals surface area (Å²) in [5.74, 6) is -2.78. The molecule has 0 aromatic heterocycles. The van der Waals surface area contributed by atoms with Gasteiger partial charge in [0, 0.05) is 26.4 Å². The molecule has 12 nitrogen and oxygen atoms in total. The van der Waals surface area contributed by atoms with Crippen LogP contribution in [0.3, 0.4) is 0 Å². The minimum Gasteiger partial charge on any atom is -0.368 e. The van der Waals surface area contributed by atoms with Crippen LogP contribution in [0.15, 0.2) is 30.3 Å². The van der Waals surface area contributed by atoms with E-state index in [1.54, 1.807) is 6.92 Å². The van der Waals surface area contributed by atoms with Crippen LogP contribution < -0.4 is 21.7 Å². The number of nitrogens with zero attached hydrogens (tertiary/aromatic N) is 2. The van der Waals surface area contributed by atoms with Crippen LogP contribution in [-0.4, -0.2) is 89.0 Å². The Bertz CT molecular complexity index is 1060. The Morgan fingerprint density at radius 2 is 1.50 bits per heavy atom. The van der Waals surface area contributed by atoms with Gasteiger partial charge in [-0.3, -0.25) is 28.8 Å². The summed E-state index contributed by atoms with van der Waals surface area (Å²) in [5, 5.41) is 7.85. The largest absolute Gasteiger partial charge is 0.368 e. The van der Waals surface area contributed by atoms with Crippen LogP contribution in [0.4, 0.5) is 0 Å². The minimum atomic E-state index is -0.987. The first-order valence-corrected chi connectivity index (χ1v) is 12.9. The monoisotopic (exact) mass is 528 g/mol. The van der Waals surface area contributed by atoms with E-state index < -0.39 is 53.7 Å². The van der Waals surface area contributed by atoms with Gasteiger partial charge < -0.3 is 31.5 Å². The lowest BCUT2D eigenvalue weighted by Crippen LogP contribution is -2.57. The summed E-state index contributed by atoms with van der Waals surface area (Å²) in [4.78, 5) is 77.9. The van der Waals surface area contributed by atoms with E-state index in [9.17, 15) is 28.8 Å². The lowest BCUT2D eigenvalue weighted by Gasteiger charge is -2.29. The quantitative estimate of drug-likeness (QED) is 0.298. The van der Waals surface area contributed by atoms with Gasteiger partial charge in [0.2, 0.25) is 35.4 Å². The average molecular weight is 529 g/mol. The molecule has 1 aromatic rings. The van der Waals surface area contributed by atoms with Crippen molar-refractivity contribution in [1.29, 1.82) is 0 Å². The lowest BCUT2D eigenvalue weighted by molar-refractivity contribution is -0.143. The number of likely N-dealkylation sites (tertiary alicyclic amines) is 2. The number of rotatable bonds is 10. The highest BCUT2D eigenvalue weighted by Crippen LogP contribution is 2.21. The van der Waals surface area contributed by atoms with Crippen molar-refractivity contribution in [2.24, 2.45) is 5.73 Å². The Morgan fingerprint density at radius 3 is 2.11 bits per heavy atom. The van der Waals surface area contributed by atoms with Crippen molar-refractivity contribution >= 4 is 35.4 Å². The number of nitrogens with two attached hydrogens (primary N) is 1. The summed E-state index contributed by atoms with van der Waals surface area (Å²) in [6, 6.07) is 5.76. The number of hydrogen-bond acceptors (Lipinski definition) is 6. The van der Waals surface area contributed by atoms with Crippen LogP contribution in [0, 0.1) is 0 Å². The summed E-state index contributed by atoms with van der Waals surface area (Å²) >= 11 is 0. The molecule has 5 N–H and O–H groups in total. The number of hydrogen-bond donors (Lipinski definition) is 4. The van der Waals surface area contributed by atoms with E-state index in [2.05, 4.69) is 16.0 Å². The number of primary amides is 1. The highest BCUT2D eigenvalue weighted by molar-refractivity contribution is 5.96. The van der Waals surface area contributed by atoms with Gasteiger partial charge in [-0.1, -0.05) is 30.3 Å². The molecule has 0 saturated carbocycles. The maximum atomic E-state index is 13.3. The summed E-state index contributed by atoms with van der Waals surface area (Å²) in [6.45, 7) is 3.43. The molecule has 38 heavy (non-hydrogen) atoms. The first kappa shape index (κ1) is 28.6. The highest BCUT2D eigenvalue weighted by Gasteiger charge is 2.39. The second-order valence-electron chi connectivity index (χ2n) is 9.73. The Balaban J connectivity index is 1.65. The number of carbonyl (C=O) groups excluding carboxylic acids is 6. The van der Waals surface area contributed by atoms with Crippen LogP contribution in [-0.2, 0) is 35.2 Å². The van der Waals surface area contributed by atoms with Crippen LogP contribution >= 0.6 is 0 Å². The fourth-order valence-corrected chi connectivity index (χ4v) is 4.96. The van der Waals surface area contributed by atoms with E-state index >= 15 is 0 Å². The molecule has 12 heteroatoms. The number of amides is 6. The van der Waals surface area contributed by atoms with Crippen LogP contribution in [0.25, 0.3) is 0 Å². The zero-order chi connectivity index (χ0) is 27.8. The molecule has 4 atom stereocenters. The molecule has 0 radical (unpaired) electrons. The molecule has 2 fully saturated rings. The first-order chi connectivity index (χ1) is 18.1. The third-order valence-electron chi connectivity index (χ3n) is 6.88. The van der Waals surface area contributed by atoms with Crippen LogP contribution in [0.2, 0.25) is 0 Å². The van der Waals surface area contributed by atoms with E-state index in [4.69, 9.17) is 5.73 Å². The number of benzene rings is 1. The molecule has 6 amide bonds. The van der Waals surface area contributed by atoms with Gasteiger partial charge in [-0.15, -0.1) is 0 Å². The summed E-state index contributed by atoms with van der Waals surface area (Å²) < 4.78 is 0. The zero-order valence-corrected chi connectivity index (χ0v) is 21.8. The van der Waals surface area contributed by atoms with Crippen molar-refractivity contribution in [2.75, 3.05) is 19.6 Å². The van der Waals surface area contributed by atoms with Gasteiger partial charge >= 0.3 is 0 Å². The van der Waals surface area contributed by atoms with Gasteiger partial charge in [0.1, 0.15) is 24.2 Å². The molecule has 0 spiro atoms. The molecular formula is C26H36N6O6. The van der Waals surface area contributed by atoms with E-state index in [1.807, 2.05) is 30.3 Å². The van der Waals surface area contributed by atoms with Crippen molar-refractivity contribution in [2.45, 2.75) is 70.1 Å². The van der Waals surface area contributed by atoms with E-state index in [-0.39, 0.29) is 18.9 Å². The minimum absolute atomic E-state index is 0.179. The smallest absolute Gasteiger partial charge is 0.245 e. The molecule has 0 unspecified atom stereocenters. The fraction of sp³-hybridized carbons (Fsp3) is 0.538. The predicted octanol–water partition coefficient (Wildman–Crippen LogP) is -1.18. The number of carbonyl (C=O) groups is 6. The van der Waals surface area contributed by atoms with Gasteiger partial charge in [0.15, 0.2) is 0 Å². The molecule has 3 rings (SSSR count).